The molecule has 0 spiro atoms. The Kier molecular flexibility index (Phi) is 3.25. The molecule has 0 bridgehead atoms. The number of hydrogen-bond donors (Lipinski definition) is 1. The van der Waals surface area contributed by atoms with Crippen LogP contribution in [0.5, 0.6) is 5.88 Å². The van der Waals surface area contributed by atoms with Crippen LogP contribution in [-0.2, 0) is 0 Å². The van der Waals surface area contributed by atoms with Gasteiger partial charge < -0.3 is 10.5 Å². The average molecular weight is 244 g/mol. The molecule has 0 aliphatic carbocycles. The van der Waals surface area contributed by atoms with Crippen molar-refractivity contribution in [2.24, 2.45) is 0 Å². The van der Waals surface area contributed by atoms with Gasteiger partial charge in [0.1, 0.15) is 11.1 Å². The number of rotatable bonds is 3. The van der Waals surface area contributed by atoms with Crippen LogP contribution in [0.2, 0.25) is 0 Å². The molecule has 0 saturated carbocycles. The van der Waals surface area contributed by atoms with Gasteiger partial charge in [0.2, 0.25) is 11.8 Å². The van der Waals surface area contributed by atoms with Crippen LogP contribution in [0.25, 0.3) is 0 Å². The molecule has 0 amide bonds. The number of ether oxygens (including phenoxy) is 1. The highest BCUT2D eigenvalue weighted by Gasteiger charge is 2.07. The summed E-state index contributed by atoms with van der Waals surface area (Å²) in [5, 5.41) is 0. The monoisotopic (exact) mass is 243 g/mol. The summed E-state index contributed by atoms with van der Waals surface area (Å²) in [4.78, 5) is 7.88. The molecule has 0 unspecified atom stereocenters. The summed E-state index contributed by atoms with van der Waals surface area (Å²) in [5.74, 6) is 0.657. The molecular weight excluding hydrogens is 234 g/mol. The van der Waals surface area contributed by atoms with Crippen molar-refractivity contribution in [2.45, 2.75) is 6.92 Å². The third-order valence-electron chi connectivity index (χ3n) is 1.34. The van der Waals surface area contributed by atoms with Gasteiger partial charge in [-0.25, -0.2) is 4.98 Å². The van der Waals surface area contributed by atoms with Gasteiger partial charge in [-0.3, -0.25) is 0 Å². The summed E-state index contributed by atoms with van der Waals surface area (Å²) in [6.07, 6.45) is 1.64. The second kappa shape index (κ2) is 4.23. The van der Waals surface area contributed by atoms with E-state index in [2.05, 4.69) is 32.5 Å². The Morgan fingerprint density at radius 3 is 2.92 bits per heavy atom. The third-order valence-corrected chi connectivity index (χ3v) is 2.25. The first-order valence-electron chi connectivity index (χ1n) is 3.68. The minimum Gasteiger partial charge on any atom is -0.473 e. The summed E-state index contributed by atoms with van der Waals surface area (Å²) >= 11 is 3.30. The zero-order chi connectivity index (χ0) is 9.84. The van der Waals surface area contributed by atoms with Crippen molar-refractivity contribution in [3.05, 3.63) is 22.8 Å². The first-order valence-corrected chi connectivity index (χ1v) is 4.47. The standard InChI is InChI=1S/C8H10BrN3O/c1-3-4-13-7-6(9)5(2)11-8(10)12-7/h3H,1,4H2,2H3,(H2,10,11,12). The van der Waals surface area contributed by atoms with Crippen molar-refractivity contribution < 1.29 is 4.74 Å². The van der Waals surface area contributed by atoms with Crippen LogP contribution < -0.4 is 10.5 Å². The first-order chi connectivity index (χ1) is 6.15. The SMILES string of the molecule is C=CCOc1nc(N)nc(C)c1Br. The minimum absolute atomic E-state index is 0.208. The van der Waals surface area contributed by atoms with E-state index in [1.54, 1.807) is 6.08 Å². The molecule has 0 fully saturated rings. The van der Waals surface area contributed by atoms with Gasteiger partial charge >= 0.3 is 0 Å². The lowest BCUT2D eigenvalue weighted by atomic mass is 10.4. The summed E-state index contributed by atoms with van der Waals surface area (Å²) in [5.41, 5.74) is 6.21. The zero-order valence-electron chi connectivity index (χ0n) is 7.25. The highest BCUT2D eigenvalue weighted by Crippen LogP contribution is 2.25. The van der Waals surface area contributed by atoms with Crippen LogP contribution in [-0.4, -0.2) is 16.6 Å². The summed E-state index contributed by atoms with van der Waals surface area (Å²) in [6.45, 7) is 5.75. The molecule has 4 nitrogen and oxygen atoms in total. The van der Waals surface area contributed by atoms with Crippen LogP contribution in [0.4, 0.5) is 5.95 Å². The molecule has 0 aromatic carbocycles. The molecule has 1 aromatic heterocycles. The van der Waals surface area contributed by atoms with Crippen LogP contribution in [0, 0.1) is 6.92 Å². The quantitative estimate of drug-likeness (QED) is 0.822. The van der Waals surface area contributed by atoms with Gasteiger partial charge in [0.15, 0.2) is 0 Å². The van der Waals surface area contributed by atoms with Gasteiger partial charge in [-0.15, -0.1) is 0 Å². The van der Waals surface area contributed by atoms with E-state index in [-0.39, 0.29) is 5.95 Å². The maximum absolute atomic E-state index is 5.45. The second-order valence-electron chi connectivity index (χ2n) is 2.39. The van der Waals surface area contributed by atoms with E-state index >= 15 is 0 Å². The van der Waals surface area contributed by atoms with Gasteiger partial charge in [-0.1, -0.05) is 12.7 Å². The summed E-state index contributed by atoms with van der Waals surface area (Å²) in [7, 11) is 0. The molecule has 0 atom stereocenters. The Hall–Kier alpha value is -1.10. The number of aryl methyl sites for hydroxylation is 1. The molecule has 13 heavy (non-hydrogen) atoms. The lowest BCUT2D eigenvalue weighted by molar-refractivity contribution is 0.345. The normalized spacial score (nSPS) is 9.69. The number of hydrogen-bond acceptors (Lipinski definition) is 4. The Morgan fingerprint density at radius 1 is 1.62 bits per heavy atom. The van der Waals surface area contributed by atoms with Crippen LogP contribution in [0.15, 0.2) is 17.1 Å². The van der Waals surface area contributed by atoms with Crippen molar-refractivity contribution in [3.8, 4) is 5.88 Å². The molecule has 2 N–H and O–H groups in total. The molecule has 1 rings (SSSR count). The smallest absolute Gasteiger partial charge is 0.233 e. The maximum atomic E-state index is 5.45. The lowest BCUT2D eigenvalue weighted by Crippen LogP contribution is -2.03. The predicted octanol–water partition coefficient (Wildman–Crippen LogP) is 1.69. The summed E-state index contributed by atoms with van der Waals surface area (Å²) in [6, 6.07) is 0. The minimum atomic E-state index is 0.208. The van der Waals surface area contributed by atoms with E-state index < -0.39 is 0 Å². The number of aromatic nitrogens is 2. The Bertz CT molecular complexity index is 327. The highest BCUT2D eigenvalue weighted by molar-refractivity contribution is 9.10. The molecule has 0 aliphatic rings. The summed E-state index contributed by atoms with van der Waals surface area (Å²) < 4.78 is 5.98. The fraction of sp³-hybridized carbons (Fsp3) is 0.250. The van der Waals surface area contributed by atoms with Gasteiger partial charge in [0, 0.05) is 0 Å². The molecular formula is C8H10BrN3O. The van der Waals surface area contributed by atoms with Gasteiger partial charge in [-0.2, -0.15) is 4.98 Å². The topological polar surface area (TPSA) is 61.0 Å². The van der Waals surface area contributed by atoms with Crippen LogP contribution >= 0.6 is 15.9 Å². The molecule has 0 radical (unpaired) electrons. The number of nitrogens with two attached hydrogens (primary N) is 1. The van der Waals surface area contributed by atoms with E-state index in [4.69, 9.17) is 10.5 Å². The van der Waals surface area contributed by atoms with E-state index in [0.29, 0.717) is 12.5 Å². The number of halogens is 1. The van der Waals surface area contributed by atoms with Crippen molar-refractivity contribution in [2.75, 3.05) is 12.3 Å². The first kappa shape index (κ1) is 9.98. The van der Waals surface area contributed by atoms with Gasteiger partial charge in [0.05, 0.1) is 5.69 Å². The van der Waals surface area contributed by atoms with Crippen LogP contribution in [0.1, 0.15) is 5.69 Å². The third kappa shape index (κ3) is 2.42. The van der Waals surface area contributed by atoms with E-state index in [1.807, 2.05) is 6.92 Å². The molecule has 1 aromatic rings. The molecule has 1 heterocycles. The zero-order valence-corrected chi connectivity index (χ0v) is 8.84. The Balaban J connectivity index is 2.98. The van der Waals surface area contributed by atoms with Crippen molar-refractivity contribution in [1.82, 2.24) is 9.97 Å². The van der Waals surface area contributed by atoms with Crippen molar-refractivity contribution in [3.63, 3.8) is 0 Å². The fourth-order valence-electron chi connectivity index (χ4n) is 0.787. The maximum Gasteiger partial charge on any atom is 0.233 e. The molecule has 70 valence electrons. The predicted molar refractivity (Wildman–Crippen MR) is 54.6 cm³/mol. The molecule has 0 aliphatic heterocycles. The van der Waals surface area contributed by atoms with E-state index in [1.165, 1.54) is 0 Å². The van der Waals surface area contributed by atoms with Gasteiger partial charge in [0.25, 0.3) is 0 Å². The number of nitrogens with zero attached hydrogens (tertiary/aromatic N) is 2. The Morgan fingerprint density at radius 2 is 2.31 bits per heavy atom. The Labute approximate surface area is 85.0 Å². The fourth-order valence-corrected chi connectivity index (χ4v) is 1.08. The van der Waals surface area contributed by atoms with Crippen LogP contribution in [0.3, 0.4) is 0 Å². The average Bonchev–Trinajstić information content (AvgIpc) is 2.09. The second-order valence-corrected chi connectivity index (χ2v) is 3.18. The lowest BCUT2D eigenvalue weighted by Gasteiger charge is -2.06. The number of anilines is 1. The van der Waals surface area contributed by atoms with Gasteiger partial charge in [-0.05, 0) is 22.9 Å². The highest BCUT2D eigenvalue weighted by atomic mass is 79.9. The van der Waals surface area contributed by atoms with E-state index in [0.717, 1.165) is 10.2 Å². The molecule has 5 heteroatoms. The van der Waals surface area contributed by atoms with E-state index in [9.17, 15) is 0 Å². The number of nitrogen functional groups attached to an aromatic ring is 1. The molecule has 0 saturated heterocycles. The van der Waals surface area contributed by atoms with Crippen molar-refractivity contribution in [1.29, 1.82) is 0 Å². The van der Waals surface area contributed by atoms with Crippen molar-refractivity contribution >= 4 is 21.9 Å². The largest absolute Gasteiger partial charge is 0.473 e.